The molecule has 0 aliphatic carbocycles. The molecule has 0 radical (unpaired) electrons. The molecule has 0 spiro atoms. The van der Waals surface area contributed by atoms with Crippen LogP contribution in [0.3, 0.4) is 0 Å². The van der Waals surface area contributed by atoms with Gasteiger partial charge in [0.15, 0.2) is 0 Å². The van der Waals surface area contributed by atoms with Gasteiger partial charge in [-0.3, -0.25) is 4.79 Å². The number of anilines is 1. The summed E-state index contributed by atoms with van der Waals surface area (Å²) in [6.07, 6.45) is 1.53. The van der Waals surface area contributed by atoms with Gasteiger partial charge in [0, 0.05) is 23.6 Å². The van der Waals surface area contributed by atoms with Crippen LogP contribution in [-0.4, -0.2) is 23.6 Å². The quantitative estimate of drug-likeness (QED) is 0.449. The van der Waals surface area contributed by atoms with E-state index in [0.29, 0.717) is 5.92 Å². The van der Waals surface area contributed by atoms with Crippen LogP contribution in [0, 0.1) is 36.9 Å². The molecule has 2 rings (SSSR count). The molecule has 1 aromatic carbocycles. The molecule has 1 aromatic heterocycles. The van der Waals surface area contributed by atoms with Crippen LogP contribution >= 0.6 is 0 Å². The number of nitrogens with one attached hydrogen (secondary N) is 1. The molecule has 29 heavy (non-hydrogen) atoms. The summed E-state index contributed by atoms with van der Waals surface area (Å²) in [5, 5.41) is 12.0. The van der Waals surface area contributed by atoms with Crippen LogP contribution in [0.15, 0.2) is 29.8 Å². The minimum atomic E-state index is -0.854. The van der Waals surface area contributed by atoms with Gasteiger partial charge in [-0.15, -0.1) is 0 Å². The minimum absolute atomic E-state index is 0.0984. The first-order valence-corrected chi connectivity index (χ1v) is 9.15. The van der Waals surface area contributed by atoms with Gasteiger partial charge < -0.3 is 14.6 Å². The number of hydrogen-bond acceptors (Lipinski definition) is 4. The number of halogens is 1. The van der Waals surface area contributed by atoms with Crippen LogP contribution in [0.1, 0.15) is 41.2 Å². The van der Waals surface area contributed by atoms with Crippen molar-refractivity contribution in [1.29, 1.82) is 5.26 Å². The number of aromatic nitrogens is 1. The lowest BCUT2D eigenvalue weighted by Crippen LogP contribution is -2.14. The van der Waals surface area contributed by atoms with Gasteiger partial charge in [-0.25, -0.2) is 9.18 Å². The molecule has 0 saturated carbocycles. The molecule has 2 aromatic rings. The highest BCUT2D eigenvalue weighted by molar-refractivity contribution is 6.10. The van der Waals surface area contributed by atoms with Crippen LogP contribution in [0.4, 0.5) is 10.1 Å². The number of aryl methyl sites for hydroxylation is 1. The number of nitriles is 1. The first-order valence-electron chi connectivity index (χ1n) is 9.15. The van der Waals surface area contributed by atoms with Crippen molar-refractivity contribution in [3.63, 3.8) is 0 Å². The fourth-order valence-electron chi connectivity index (χ4n) is 2.99. The first kappa shape index (κ1) is 21.9. The van der Waals surface area contributed by atoms with Gasteiger partial charge in [-0.05, 0) is 55.7 Å². The van der Waals surface area contributed by atoms with E-state index in [1.54, 1.807) is 0 Å². The number of rotatable bonds is 6. The maximum absolute atomic E-state index is 13.8. The van der Waals surface area contributed by atoms with Crippen molar-refractivity contribution in [3.8, 4) is 6.07 Å². The van der Waals surface area contributed by atoms with E-state index in [1.165, 1.54) is 18.2 Å². The van der Waals surface area contributed by atoms with Crippen molar-refractivity contribution < 1.29 is 18.7 Å². The van der Waals surface area contributed by atoms with Crippen molar-refractivity contribution >= 4 is 23.6 Å². The molecule has 7 heteroatoms. The molecule has 6 nitrogen and oxygen atoms in total. The monoisotopic (exact) mass is 397 g/mol. The van der Waals surface area contributed by atoms with Crippen LogP contribution in [0.2, 0.25) is 0 Å². The molecule has 0 unspecified atom stereocenters. The minimum Gasteiger partial charge on any atom is -0.465 e. The maximum Gasteiger partial charge on any atom is 0.340 e. The first-order chi connectivity index (χ1) is 13.7. The van der Waals surface area contributed by atoms with Crippen molar-refractivity contribution in [2.45, 2.75) is 34.2 Å². The Labute approximate surface area is 169 Å². The second-order valence-corrected chi connectivity index (χ2v) is 7.14. The normalized spacial score (nSPS) is 11.3. The predicted octanol–water partition coefficient (Wildman–Crippen LogP) is 4.23. The number of benzene rings is 1. The van der Waals surface area contributed by atoms with Crippen molar-refractivity contribution in [2.75, 3.05) is 12.4 Å². The summed E-state index contributed by atoms with van der Waals surface area (Å²) in [5.41, 5.74) is 2.57. The van der Waals surface area contributed by atoms with Crippen molar-refractivity contribution in [2.24, 2.45) is 5.92 Å². The summed E-state index contributed by atoms with van der Waals surface area (Å²) < 4.78 is 20.4. The van der Waals surface area contributed by atoms with E-state index in [1.807, 2.05) is 26.0 Å². The van der Waals surface area contributed by atoms with E-state index in [2.05, 4.69) is 28.5 Å². The molecule has 0 fully saturated rings. The lowest BCUT2D eigenvalue weighted by atomic mass is 10.1. The Morgan fingerprint density at radius 2 is 2.00 bits per heavy atom. The fraction of sp³-hybridized carbons (Fsp3) is 0.318. The molecule has 0 atom stereocenters. The second kappa shape index (κ2) is 9.20. The van der Waals surface area contributed by atoms with E-state index >= 15 is 0 Å². The van der Waals surface area contributed by atoms with E-state index in [-0.39, 0.29) is 16.8 Å². The zero-order chi connectivity index (χ0) is 21.7. The smallest absolute Gasteiger partial charge is 0.340 e. The third-order valence-corrected chi connectivity index (χ3v) is 4.45. The third kappa shape index (κ3) is 5.11. The number of ether oxygens (including phenoxy) is 1. The topological polar surface area (TPSA) is 84.1 Å². The SMILES string of the molecule is COC(=O)c1cc(NC(=O)/C(C#N)=C/c2cc(C)n(CC(C)C)c2C)ccc1F. The average molecular weight is 397 g/mol. The molecule has 1 amide bonds. The van der Waals surface area contributed by atoms with Gasteiger partial charge in [0.25, 0.3) is 5.91 Å². The van der Waals surface area contributed by atoms with Gasteiger partial charge in [0.1, 0.15) is 17.5 Å². The zero-order valence-electron chi connectivity index (χ0n) is 17.2. The Hall–Kier alpha value is -3.40. The van der Waals surface area contributed by atoms with E-state index in [0.717, 1.165) is 36.7 Å². The van der Waals surface area contributed by atoms with E-state index in [4.69, 9.17) is 0 Å². The zero-order valence-corrected chi connectivity index (χ0v) is 17.2. The summed E-state index contributed by atoms with van der Waals surface area (Å²) >= 11 is 0. The summed E-state index contributed by atoms with van der Waals surface area (Å²) in [6.45, 7) is 9.00. The highest BCUT2D eigenvalue weighted by atomic mass is 19.1. The van der Waals surface area contributed by atoms with E-state index in [9.17, 15) is 19.2 Å². The van der Waals surface area contributed by atoms with Crippen LogP contribution < -0.4 is 5.32 Å². The highest BCUT2D eigenvalue weighted by Gasteiger charge is 2.16. The number of nitrogens with zero attached hydrogens (tertiary/aromatic N) is 2. The second-order valence-electron chi connectivity index (χ2n) is 7.14. The van der Waals surface area contributed by atoms with Crippen molar-refractivity contribution in [1.82, 2.24) is 4.57 Å². The Bertz CT molecular complexity index is 1010. The van der Waals surface area contributed by atoms with Crippen LogP contribution in [-0.2, 0) is 16.1 Å². The number of carbonyl (C=O) groups excluding carboxylic acids is 2. The number of methoxy groups -OCH3 is 1. The molecular formula is C22H24FN3O3. The third-order valence-electron chi connectivity index (χ3n) is 4.45. The maximum atomic E-state index is 13.8. The standard InChI is InChI=1S/C22H24FN3O3/c1-13(2)12-26-14(3)8-16(15(26)4)9-17(11-24)21(27)25-18-6-7-20(23)19(10-18)22(28)29-5/h6-10,13H,12H2,1-5H3,(H,25,27)/b17-9+. The van der Waals surface area contributed by atoms with Gasteiger partial charge >= 0.3 is 5.97 Å². The largest absolute Gasteiger partial charge is 0.465 e. The summed E-state index contributed by atoms with van der Waals surface area (Å²) in [4.78, 5) is 24.2. The Balaban J connectivity index is 2.31. The van der Waals surface area contributed by atoms with Crippen LogP contribution in [0.25, 0.3) is 6.08 Å². The lowest BCUT2D eigenvalue weighted by Gasteiger charge is -2.12. The summed E-state index contributed by atoms with van der Waals surface area (Å²) in [5.74, 6) is -1.81. The predicted molar refractivity (Wildman–Crippen MR) is 109 cm³/mol. The van der Waals surface area contributed by atoms with E-state index < -0.39 is 17.7 Å². The number of carbonyl (C=O) groups is 2. The average Bonchev–Trinajstić information content (AvgIpc) is 2.93. The molecule has 0 aliphatic rings. The molecule has 152 valence electrons. The van der Waals surface area contributed by atoms with Gasteiger partial charge in [0.2, 0.25) is 0 Å². The number of hydrogen-bond donors (Lipinski definition) is 1. The number of amides is 1. The van der Waals surface area contributed by atoms with Gasteiger partial charge in [-0.2, -0.15) is 5.26 Å². The summed E-state index contributed by atoms with van der Waals surface area (Å²) in [6, 6.07) is 7.36. The molecule has 0 aliphatic heterocycles. The van der Waals surface area contributed by atoms with Crippen LogP contribution in [0.5, 0.6) is 0 Å². The van der Waals surface area contributed by atoms with Crippen molar-refractivity contribution in [3.05, 3.63) is 58.2 Å². The Morgan fingerprint density at radius 1 is 1.31 bits per heavy atom. The summed E-state index contributed by atoms with van der Waals surface area (Å²) in [7, 11) is 1.14. The number of esters is 1. The lowest BCUT2D eigenvalue weighted by molar-refractivity contribution is -0.112. The molecule has 1 N–H and O–H groups in total. The fourth-order valence-corrected chi connectivity index (χ4v) is 2.99. The Morgan fingerprint density at radius 3 is 2.59 bits per heavy atom. The van der Waals surface area contributed by atoms with Gasteiger partial charge in [-0.1, -0.05) is 13.8 Å². The molecule has 0 saturated heterocycles. The molecule has 0 bridgehead atoms. The van der Waals surface area contributed by atoms with Gasteiger partial charge in [0.05, 0.1) is 12.7 Å². The molecule has 1 heterocycles. The Kier molecular flexibility index (Phi) is 6.94. The molecular weight excluding hydrogens is 373 g/mol. The highest BCUT2D eigenvalue weighted by Crippen LogP contribution is 2.21.